The minimum absolute atomic E-state index is 0.0804. The molecule has 1 atom stereocenters. The molecule has 0 spiro atoms. The SMILES string of the molecule is CN(CCC(=O)O)C(=O)C(CNC(=O)OCC1c2ccccc2-c2ccccc21)C(F)(F)F. The van der Waals surface area contributed by atoms with Crippen LogP contribution in [0.1, 0.15) is 23.5 Å². The monoisotopic (exact) mass is 464 g/mol. The Bertz CT molecular complexity index is 995. The van der Waals surface area contributed by atoms with Gasteiger partial charge in [-0.1, -0.05) is 48.5 Å². The molecule has 0 saturated carbocycles. The van der Waals surface area contributed by atoms with E-state index in [0.717, 1.165) is 29.3 Å². The number of hydrogen-bond acceptors (Lipinski definition) is 4. The average molecular weight is 464 g/mol. The molecule has 0 fully saturated rings. The van der Waals surface area contributed by atoms with Crippen LogP contribution in [0.25, 0.3) is 11.1 Å². The van der Waals surface area contributed by atoms with Crippen LogP contribution in [-0.2, 0) is 14.3 Å². The first-order chi connectivity index (χ1) is 15.6. The van der Waals surface area contributed by atoms with E-state index in [9.17, 15) is 27.6 Å². The van der Waals surface area contributed by atoms with Crippen LogP contribution in [0, 0.1) is 5.92 Å². The zero-order chi connectivity index (χ0) is 24.2. The molecule has 0 bridgehead atoms. The van der Waals surface area contributed by atoms with Gasteiger partial charge in [-0.05, 0) is 22.3 Å². The molecule has 0 heterocycles. The number of benzene rings is 2. The summed E-state index contributed by atoms with van der Waals surface area (Å²) in [6.07, 6.45) is -6.50. The highest BCUT2D eigenvalue weighted by atomic mass is 19.4. The van der Waals surface area contributed by atoms with Gasteiger partial charge in [0, 0.05) is 26.1 Å². The van der Waals surface area contributed by atoms with Gasteiger partial charge in [0.2, 0.25) is 5.91 Å². The van der Waals surface area contributed by atoms with Crippen LogP contribution in [0.15, 0.2) is 48.5 Å². The Morgan fingerprint density at radius 2 is 1.61 bits per heavy atom. The Morgan fingerprint density at radius 3 is 2.12 bits per heavy atom. The quantitative estimate of drug-likeness (QED) is 0.622. The fourth-order valence-corrected chi connectivity index (χ4v) is 3.82. The molecule has 0 aliphatic heterocycles. The summed E-state index contributed by atoms with van der Waals surface area (Å²) in [6.45, 7) is -1.48. The van der Waals surface area contributed by atoms with Crippen molar-refractivity contribution in [2.24, 2.45) is 5.92 Å². The Balaban J connectivity index is 1.61. The zero-order valence-corrected chi connectivity index (χ0v) is 17.8. The summed E-state index contributed by atoms with van der Waals surface area (Å²) in [7, 11) is 1.08. The predicted molar refractivity (Wildman–Crippen MR) is 113 cm³/mol. The van der Waals surface area contributed by atoms with Crippen molar-refractivity contribution in [3.63, 3.8) is 0 Å². The van der Waals surface area contributed by atoms with Crippen molar-refractivity contribution in [3.05, 3.63) is 59.7 Å². The van der Waals surface area contributed by atoms with Gasteiger partial charge in [-0.25, -0.2) is 4.79 Å². The van der Waals surface area contributed by atoms with Gasteiger partial charge < -0.3 is 20.1 Å². The molecule has 1 unspecified atom stereocenters. The van der Waals surface area contributed by atoms with Crippen LogP contribution >= 0.6 is 0 Å². The summed E-state index contributed by atoms with van der Waals surface area (Å²) in [5.74, 6) is -5.35. The van der Waals surface area contributed by atoms with Crippen molar-refractivity contribution in [3.8, 4) is 11.1 Å². The normalized spacial score (nSPS) is 13.6. The van der Waals surface area contributed by atoms with Gasteiger partial charge in [-0.3, -0.25) is 9.59 Å². The molecule has 0 saturated heterocycles. The van der Waals surface area contributed by atoms with Gasteiger partial charge in [0.05, 0.1) is 6.42 Å². The summed E-state index contributed by atoms with van der Waals surface area (Å²) in [5.41, 5.74) is 3.92. The lowest BCUT2D eigenvalue weighted by Gasteiger charge is -2.25. The van der Waals surface area contributed by atoms with Crippen LogP contribution in [0.2, 0.25) is 0 Å². The first-order valence-corrected chi connectivity index (χ1v) is 10.2. The molecule has 1 aliphatic carbocycles. The number of rotatable bonds is 8. The minimum Gasteiger partial charge on any atom is -0.481 e. The van der Waals surface area contributed by atoms with Crippen LogP contribution in [0.3, 0.4) is 0 Å². The largest absolute Gasteiger partial charge is 0.481 e. The number of alkyl halides is 3. The first-order valence-electron chi connectivity index (χ1n) is 10.2. The maximum absolute atomic E-state index is 13.4. The van der Waals surface area contributed by atoms with Crippen LogP contribution < -0.4 is 5.32 Å². The van der Waals surface area contributed by atoms with E-state index in [0.29, 0.717) is 4.90 Å². The Hall–Kier alpha value is -3.56. The molecule has 176 valence electrons. The van der Waals surface area contributed by atoms with Crippen molar-refractivity contribution >= 4 is 18.0 Å². The lowest BCUT2D eigenvalue weighted by molar-refractivity contribution is -0.187. The number of carboxylic acids is 1. The number of hydrogen-bond donors (Lipinski definition) is 2. The molecule has 0 radical (unpaired) electrons. The van der Waals surface area contributed by atoms with E-state index in [-0.39, 0.29) is 19.1 Å². The Labute approximate surface area is 188 Å². The van der Waals surface area contributed by atoms with E-state index < -0.39 is 43.0 Å². The molecule has 33 heavy (non-hydrogen) atoms. The maximum Gasteiger partial charge on any atom is 0.407 e. The number of alkyl carbamates (subject to hydrolysis) is 1. The van der Waals surface area contributed by atoms with Gasteiger partial charge >= 0.3 is 18.2 Å². The molecule has 7 nitrogen and oxygen atoms in total. The van der Waals surface area contributed by atoms with Crippen LogP contribution in [0.5, 0.6) is 0 Å². The van der Waals surface area contributed by atoms with E-state index in [1.54, 1.807) is 0 Å². The third kappa shape index (κ3) is 5.63. The van der Waals surface area contributed by atoms with E-state index in [2.05, 4.69) is 0 Å². The van der Waals surface area contributed by atoms with Gasteiger partial charge in [-0.2, -0.15) is 13.2 Å². The van der Waals surface area contributed by atoms with Gasteiger partial charge in [0.25, 0.3) is 0 Å². The first kappa shape index (κ1) is 24.1. The fraction of sp³-hybridized carbons (Fsp3) is 0.348. The van der Waals surface area contributed by atoms with Crippen LogP contribution in [0.4, 0.5) is 18.0 Å². The Kier molecular flexibility index (Phi) is 7.25. The summed E-state index contributed by atoms with van der Waals surface area (Å²) in [5, 5.41) is 10.7. The van der Waals surface area contributed by atoms with Gasteiger partial charge in [0.15, 0.2) is 5.92 Å². The number of nitrogens with one attached hydrogen (secondary N) is 1. The van der Waals surface area contributed by atoms with Crippen molar-refractivity contribution in [1.82, 2.24) is 10.2 Å². The smallest absolute Gasteiger partial charge is 0.407 e. The maximum atomic E-state index is 13.4. The summed E-state index contributed by atoms with van der Waals surface area (Å²) in [4.78, 5) is 35.6. The molecule has 2 amide bonds. The topological polar surface area (TPSA) is 95.9 Å². The number of ether oxygens (including phenoxy) is 1. The molecular formula is C23H23F3N2O5. The highest BCUT2D eigenvalue weighted by Gasteiger charge is 2.46. The van der Waals surface area contributed by atoms with Gasteiger partial charge in [-0.15, -0.1) is 0 Å². The Morgan fingerprint density at radius 1 is 1.06 bits per heavy atom. The molecule has 2 N–H and O–H groups in total. The molecule has 10 heteroatoms. The van der Waals surface area contributed by atoms with E-state index in [4.69, 9.17) is 9.84 Å². The average Bonchev–Trinajstić information content (AvgIpc) is 3.09. The number of carbonyl (C=O) groups is 3. The molecule has 1 aliphatic rings. The number of carbonyl (C=O) groups excluding carboxylic acids is 2. The predicted octanol–water partition coefficient (Wildman–Crippen LogP) is 3.64. The highest BCUT2D eigenvalue weighted by Crippen LogP contribution is 2.44. The lowest BCUT2D eigenvalue weighted by Crippen LogP contribution is -2.47. The van der Waals surface area contributed by atoms with Gasteiger partial charge in [0.1, 0.15) is 6.61 Å². The lowest BCUT2D eigenvalue weighted by atomic mass is 9.98. The fourth-order valence-electron chi connectivity index (χ4n) is 3.82. The van der Waals surface area contributed by atoms with Crippen LogP contribution in [-0.4, -0.2) is 60.9 Å². The molecule has 2 aromatic carbocycles. The van der Waals surface area contributed by atoms with Crippen molar-refractivity contribution in [2.45, 2.75) is 18.5 Å². The van der Waals surface area contributed by atoms with Crippen molar-refractivity contribution < 1.29 is 37.4 Å². The van der Waals surface area contributed by atoms with E-state index in [1.807, 2.05) is 53.8 Å². The second kappa shape index (κ2) is 9.93. The summed E-state index contributed by atoms with van der Waals surface area (Å²) in [6, 6.07) is 15.2. The third-order valence-electron chi connectivity index (χ3n) is 5.52. The van der Waals surface area contributed by atoms with E-state index >= 15 is 0 Å². The second-order valence-corrected chi connectivity index (χ2v) is 7.70. The number of fused-ring (bicyclic) bond motifs is 3. The number of aliphatic carboxylic acids is 1. The third-order valence-corrected chi connectivity index (χ3v) is 5.52. The highest BCUT2D eigenvalue weighted by molar-refractivity contribution is 5.81. The molecule has 3 rings (SSSR count). The standard InChI is InChI=1S/C23H23F3N2O5/c1-28(11-10-20(29)30)21(31)19(23(24,25)26)12-27-22(32)33-13-18-16-8-4-2-6-14(16)15-7-3-5-9-17(15)18/h2-9,18-19H,10-13H2,1H3,(H,27,32)(H,29,30). The number of amides is 2. The second-order valence-electron chi connectivity index (χ2n) is 7.70. The molecular weight excluding hydrogens is 441 g/mol. The molecule has 0 aromatic heterocycles. The minimum atomic E-state index is -4.93. The number of halogens is 3. The van der Waals surface area contributed by atoms with Crippen molar-refractivity contribution in [1.29, 1.82) is 0 Å². The number of carboxylic acid groups (broad SMARTS) is 1. The van der Waals surface area contributed by atoms with Crippen molar-refractivity contribution in [2.75, 3.05) is 26.7 Å². The number of nitrogens with zero attached hydrogens (tertiary/aromatic N) is 1. The molecule has 2 aromatic rings. The zero-order valence-electron chi connectivity index (χ0n) is 17.8. The summed E-state index contributed by atoms with van der Waals surface area (Å²) < 4.78 is 45.4. The summed E-state index contributed by atoms with van der Waals surface area (Å²) >= 11 is 0. The van der Waals surface area contributed by atoms with E-state index in [1.165, 1.54) is 0 Å².